The average Bonchev–Trinajstić information content (AvgIpc) is 2.17. The Morgan fingerprint density at radius 3 is 2.31 bits per heavy atom. The molecule has 4 nitrogen and oxygen atoms in total. The van der Waals surface area contributed by atoms with Crippen molar-refractivity contribution in [2.45, 2.75) is 27.2 Å². The quantitative estimate of drug-likeness (QED) is 0.776. The summed E-state index contributed by atoms with van der Waals surface area (Å²) in [5.41, 5.74) is 1.44. The topological polar surface area (TPSA) is 57.6 Å². The Hall–Kier alpha value is -0.810. The molecule has 1 aliphatic heterocycles. The zero-order valence-electron chi connectivity index (χ0n) is 10.2. The molecule has 0 aromatic rings. The van der Waals surface area contributed by atoms with E-state index in [-0.39, 0.29) is 5.75 Å². The van der Waals surface area contributed by atoms with Crippen molar-refractivity contribution in [2.24, 2.45) is 0 Å². The van der Waals surface area contributed by atoms with Crippen LogP contribution >= 0.6 is 0 Å². The summed E-state index contributed by atoms with van der Waals surface area (Å²) in [7, 11) is -3.67. The van der Waals surface area contributed by atoms with Crippen LogP contribution in [0, 0.1) is 0 Å². The Morgan fingerprint density at radius 1 is 1.44 bits per heavy atom. The Labute approximate surface area is 98.4 Å². The standard InChI is InChI=1S/C8H13N.C3H8O3S/c1-3-9-6-4-5-8(2)7-9;1-2-3-7(4,5)6/h4-6H,3,7H2,1-2H3;2-3H2,1H3,(H,4,5,6). The predicted octanol–water partition coefficient (Wildman–Crippen LogP) is 2.07. The molecule has 0 radical (unpaired) electrons. The van der Waals surface area contributed by atoms with Crippen molar-refractivity contribution in [3.63, 3.8) is 0 Å². The minimum absolute atomic E-state index is 0.132. The van der Waals surface area contributed by atoms with E-state index in [0.29, 0.717) is 6.42 Å². The lowest BCUT2D eigenvalue weighted by Crippen LogP contribution is -2.20. The molecule has 0 unspecified atom stereocenters. The highest BCUT2D eigenvalue weighted by Crippen LogP contribution is 2.04. The normalized spacial score (nSPS) is 15.2. The maximum Gasteiger partial charge on any atom is 0.264 e. The third-order valence-electron chi connectivity index (χ3n) is 2.00. The first-order valence-corrected chi connectivity index (χ1v) is 7.03. The van der Waals surface area contributed by atoms with E-state index in [2.05, 4.69) is 37.1 Å². The van der Waals surface area contributed by atoms with Crippen molar-refractivity contribution in [3.05, 3.63) is 23.9 Å². The van der Waals surface area contributed by atoms with Crippen LogP contribution in [0.5, 0.6) is 0 Å². The lowest BCUT2D eigenvalue weighted by atomic mass is 10.2. The van der Waals surface area contributed by atoms with Gasteiger partial charge < -0.3 is 4.90 Å². The molecule has 0 saturated heterocycles. The van der Waals surface area contributed by atoms with Gasteiger partial charge in [-0.25, -0.2) is 0 Å². The molecule has 0 saturated carbocycles. The first-order chi connectivity index (χ1) is 7.39. The lowest BCUT2D eigenvalue weighted by molar-refractivity contribution is 0.425. The summed E-state index contributed by atoms with van der Waals surface area (Å²) < 4.78 is 27.6. The fourth-order valence-electron chi connectivity index (χ4n) is 1.23. The predicted molar refractivity (Wildman–Crippen MR) is 66.9 cm³/mol. The van der Waals surface area contributed by atoms with Gasteiger partial charge in [0.05, 0.1) is 5.75 Å². The minimum Gasteiger partial charge on any atom is -0.374 e. The molecule has 16 heavy (non-hydrogen) atoms. The van der Waals surface area contributed by atoms with Crippen molar-refractivity contribution in [3.8, 4) is 0 Å². The summed E-state index contributed by atoms with van der Waals surface area (Å²) in [5.74, 6) is -0.132. The average molecular weight is 247 g/mol. The van der Waals surface area contributed by atoms with Crippen molar-refractivity contribution in [2.75, 3.05) is 18.8 Å². The molecule has 1 aliphatic rings. The molecule has 1 rings (SSSR count). The number of hydrogen-bond donors (Lipinski definition) is 1. The van der Waals surface area contributed by atoms with Crippen molar-refractivity contribution >= 4 is 10.1 Å². The van der Waals surface area contributed by atoms with Gasteiger partial charge in [0.15, 0.2) is 0 Å². The Morgan fingerprint density at radius 2 is 2.06 bits per heavy atom. The summed E-state index contributed by atoms with van der Waals surface area (Å²) in [6, 6.07) is 0. The second kappa shape index (κ2) is 7.46. The number of rotatable bonds is 3. The number of hydrogen-bond acceptors (Lipinski definition) is 3. The fourth-order valence-corrected chi connectivity index (χ4v) is 1.75. The van der Waals surface area contributed by atoms with Crippen LogP contribution in [0.15, 0.2) is 23.9 Å². The summed E-state index contributed by atoms with van der Waals surface area (Å²) in [5, 5.41) is 0. The van der Waals surface area contributed by atoms with Gasteiger partial charge in [0, 0.05) is 13.1 Å². The monoisotopic (exact) mass is 247 g/mol. The van der Waals surface area contributed by atoms with Crippen LogP contribution in [0.2, 0.25) is 0 Å². The van der Waals surface area contributed by atoms with E-state index in [1.165, 1.54) is 5.57 Å². The second-order valence-electron chi connectivity index (χ2n) is 3.70. The fraction of sp³-hybridized carbons (Fsp3) is 0.636. The highest BCUT2D eigenvalue weighted by molar-refractivity contribution is 7.85. The van der Waals surface area contributed by atoms with Crippen LogP contribution in [0.4, 0.5) is 0 Å². The van der Waals surface area contributed by atoms with Gasteiger partial charge in [0.25, 0.3) is 10.1 Å². The highest BCUT2D eigenvalue weighted by Gasteiger charge is 1.99. The van der Waals surface area contributed by atoms with Gasteiger partial charge in [-0.2, -0.15) is 8.42 Å². The Bertz CT molecular complexity index is 344. The van der Waals surface area contributed by atoms with Crippen molar-refractivity contribution in [1.29, 1.82) is 0 Å². The van der Waals surface area contributed by atoms with Gasteiger partial charge >= 0.3 is 0 Å². The van der Waals surface area contributed by atoms with E-state index in [9.17, 15) is 8.42 Å². The molecule has 0 atom stereocenters. The van der Waals surface area contributed by atoms with Crippen LogP contribution in [-0.4, -0.2) is 36.7 Å². The molecular weight excluding hydrogens is 226 g/mol. The zero-order chi connectivity index (χ0) is 12.6. The van der Waals surface area contributed by atoms with Gasteiger partial charge in [-0.05, 0) is 32.5 Å². The van der Waals surface area contributed by atoms with E-state index in [1.807, 2.05) is 0 Å². The van der Waals surface area contributed by atoms with Gasteiger partial charge in [0.2, 0.25) is 0 Å². The van der Waals surface area contributed by atoms with E-state index in [0.717, 1.165) is 13.1 Å². The molecule has 0 aromatic heterocycles. The first-order valence-electron chi connectivity index (χ1n) is 5.42. The minimum atomic E-state index is -3.67. The van der Waals surface area contributed by atoms with Gasteiger partial charge in [-0.3, -0.25) is 4.55 Å². The van der Waals surface area contributed by atoms with Gasteiger partial charge in [-0.15, -0.1) is 0 Å². The Kier molecular flexibility index (Phi) is 7.08. The molecule has 1 N–H and O–H groups in total. The SMILES string of the molecule is CCCS(=O)(=O)O.CCN1C=CC=C(C)C1. The molecule has 0 aliphatic carbocycles. The van der Waals surface area contributed by atoms with Crippen molar-refractivity contribution in [1.82, 2.24) is 4.90 Å². The molecular formula is C11H21NO3S. The molecule has 94 valence electrons. The van der Waals surface area contributed by atoms with Crippen LogP contribution in [0.3, 0.4) is 0 Å². The largest absolute Gasteiger partial charge is 0.374 e. The number of likely N-dealkylation sites (N-methyl/N-ethyl adjacent to an activating group) is 1. The highest BCUT2D eigenvalue weighted by atomic mass is 32.2. The third kappa shape index (κ3) is 8.49. The molecule has 0 fully saturated rings. The second-order valence-corrected chi connectivity index (χ2v) is 5.28. The van der Waals surface area contributed by atoms with Gasteiger partial charge in [0.1, 0.15) is 0 Å². The molecule has 0 amide bonds. The van der Waals surface area contributed by atoms with E-state index < -0.39 is 10.1 Å². The van der Waals surface area contributed by atoms with Crippen LogP contribution in [0.25, 0.3) is 0 Å². The maximum absolute atomic E-state index is 9.79. The van der Waals surface area contributed by atoms with Crippen LogP contribution in [0.1, 0.15) is 27.2 Å². The molecule has 0 bridgehead atoms. The summed E-state index contributed by atoms with van der Waals surface area (Å²) >= 11 is 0. The van der Waals surface area contributed by atoms with E-state index in [4.69, 9.17) is 4.55 Å². The maximum atomic E-state index is 9.79. The van der Waals surface area contributed by atoms with Crippen LogP contribution in [-0.2, 0) is 10.1 Å². The lowest BCUT2D eigenvalue weighted by Gasteiger charge is -2.20. The van der Waals surface area contributed by atoms with Crippen LogP contribution < -0.4 is 0 Å². The zero-order valence-corrected chi connectivity index (χ0v) is 11.0. The summed E-state index contributed by atoms with van der Waals surface area (Å²) in [6.07, 6.45) is 6.86. The summed E-state index contributed by atoms with van der Waals surface area (Å²) in [6.45, 7) is 8.23. The van der Waals surface area contributed by atoms with Crippen molar-refractivity contribution < 1.29 is 13.0 Å². The molecule has 5 heteroatoms. The number of nitrogens with zero attached hydrogens (tertiary/aromatic N) is 1. The Balaban J connectivity index is 0.000000293. The third-order valence-corrected chi connectivity index (χ3v) is 2.92. The van der Waals surface area contributed by atoms with E-state index >= 15 is 0 Å². The molecule has 0 spiro atoms. The molecule has 0 aromatic carbocycles. The summed E-state index contributed by atoms with van der Waals surface area (Å²) in [4.78, 5) is 2.29. The van der Waals surface area contributed by atoms with Gasteiger partial charge in [-0.1, -0.05) is 18.6 Å². The molecule has 1 heterocycles. The smallest absolute Gasteiger partial charge is 0.264 e. The number of allylic oxidation sites excluding steroid dienone is 2. The van der Waals surface area contributed by atoms with E-state index in [1.54, 1.807) is 6.92 Å². The first kappa shape index (κ1) is 15.2.